The second kappa shape index (κ2) is 29.0. The SMILES string of the molecule is CC.CC(=O)CCC=O.COCCOCCOCCOCCOCCOC(=O)N1CCC(S)CC1. The zero-order valence-corrected chi connectivity index (χ0v) is 22.9. The van der Waals surface area contributed by atoms with E-state index in [0.717, 1.165) is 19.1 Å². The molecule has 0 N–H and O–H groups in total. The number of piperidine rings is 1. The molecule has 0 aliphatic carbocycles. The Hall–Kier alpha value is -1.24. The van der Waals surface area contributed by atoms with Gasteiger partial charge in [0.15, 0.2) is 0 Å². The summed E-state index contributed by atoms with van der Waals surface area (Å²) in [5.41, 5.74) is 0. The molecule has 1 aliphatic rings. The molecule has 1 amide bonds. The van der Waals surface area contributed by atoms with Crippen LogP contribution in [0.15, 0.2) is 0 Å². The minimum atomic E-state index is -0.270. The van der Waals surface area contributed by atoms with Crippen LogP contribution >= 0.6 is 12.6 Å². The summed E-state index contributed by atoms with van der Waals surface area (Å²) < 4.78 is 31.4. The fraction of sp³-hybridized carbons (Fsp3) is 0.875. The molecule has 0 aromatic rings. The Labute approximate surface area is 216 Å². The lowest BCUT2D eigenvalue weighted by Gasteiger charge is -2.28. The highest BCUT2D eigenvalue weighted by Crippen LogP contribution is 2.15. The van der Waals surface area contributed by atoms with Gasteiger partial charge in [0.05, 0.1) is 59.5 Å². The van der Waals surface area contributed by atoms with Crippen molar-refractivity contribution in [2.24, 2.45) is 0 Å². The highest BCUT2D eigenvalue weighted by Gasteiger charge is 2.21. The van der Waals surface area contributed by atoms with Crippen molar-refractivity contribution in [2.45, 2.75) is 51.7 Å². The molecule has 11 heteroatoms. The fourth-order valence-corrected chi connectivity index (χ4v) is 2.72. The van der Waals surface area contributed by atoms with Gasteiger partial charge >= 0.3 is 6.09 Å². The number of carbonyl (C=O) groups is 3. The van der Waals surface area contributed by atoms with Gasteiger partial charge in [-0.1, -0.05) is 13.8 Å². The summed E-state index contributed by atoms with van der Waals surface area (Å²) in [5.74, 6) is 0.0760. The standard InChI is InChI=1S/C17H33NO7S.C5H8O2.C2H6/c1-20-6-7-21-8-9-22-10-11-23-12-13-24-14-15-25-17(19)18-4-2-16(26)3-5-18;1-5(7)3-2-4-6;1-2/h16,26H,2-15H2,1H3;4H,2-3H2,1H3;1-2H3. The van der Waals surface area contributed by atoms with Gasteiger partial charge in [0.1, 0.15) is 18.7 Å². The molecular formula is C24H47NO9S. The number of hydrogen-bond donors (Lipinski definition) is 1. The number of aldehydes is 1. The molecule has 0 unspecified atom stereocenters. The summed E-state index contributed by atoms with van der Waals surface area (Å²) in [6.45, 7) is 11.8. The Morgan fingerprint density at radius 2 is 1.26 bits per heavy atom. The lowest BCUT2D eigenvalue weighted by Crippen LogP contribution is -2.39. The van der Waals surface area contributed by atoms with E-state index in [1.165, 1.54) is 6.92 Å². The summed E-state index contributed by atoms with van der Waals surface area (Å²) in [6.07, 6.45) is 3.07. The third-order valence-corrected chi connectivity index (χ3v) is 4.85. The molecular weight excluding hydrogens is 478 g/mol. The lowest BCUT2D eigenvalue weighted by atomic mass is 10.1. The maximum Gasteiger partial charge on any atom is 0.409 e. The van der Waals surface area contributed by atoms with Gasteiger partial charge in [-0.3, -0.25) is 0 Å². The molecule has 0 atom stereocenters. The molecule has 0 saturated carbocycles. The molecule has 0 bridgehead atoms. The molecule has 1 rings (SSSR count). The van der Waals surface area contributed by atoms with Gasteiger partial charge in [0.2, 0.25) is 0 Å². The maximum absolute atomic E-state index is 11.8. The first kappa shape index (κ1) is 35.9. The number of methoxy groups -OCH3 is 1. The third kappa shape index (κ3) is 27.2. The molecule has 0 spiro atoms. The molecule has 35 heavy (non-hydrogen) atoms. The second-order valence-electron chi connectivity index (χ2n) is 7.18. The molecule has 1 aliphatic heterocycles. The molecule has 0 radical (unpaired) electrons. The van der Waals surface area contributed by atoms with Gasteiger partial charge in [-0.05, 0) is 19.8 Å². The number of thiol groups is 1. The van der Waals surface area contributed by atoms with Crippen LogP contribution in [0, 0.1) is 0 Å². The Balaban J connectivity index is 0. The first-order valence-corrected chi connectivity index (χ1v) is 12.9. The fourth-order valence-electron chi connectivity index (χ4n) is 2.49. The molecule has 1 fully saturated rings. The molecule has 1 saturated heterocycles. The summed E-state index contributed by atoms with van der Waals surface area (Å²) in [5, 5.41) is 0.391. The lowest BCUT2D eigenvalue weighted by molar-refractivity contribution is -0.118. The van der Waals surface area contributed by atoms with E-state index >= 15 is 0 Å². The van der Waals surface area contributed by atoms with Gasteiger partial charge in [0.25, 0.3) is 0 Å². The zero-order valence-electron chi connectivity index (χ0n) is 22.0. The number of amides is 1. The van der Waals surface area contributed by atoms with Crippen LogP contribution in [0.1, 0.15) is 46.5 Å². The normalized spacial score (nSPS) is 13.2. The van der Waals surface area contributed by atoms with E-state index in [9.17, 15) is 14.4 Å². The van der Waals surface area contributed by atoms with E-state index < -0.39 is 0 Å². The Morgan fingerprint density at radius 1 is 0.829 bits per heavy atom. The van der Waals surface area contributed by atoms with Crippen LogP contribution in [0.25, 0.3) is 0 Å². The van der Waals surface area contributed by atoms with Gasteiger partial charge in [0, 0.05) is 38.3 Å². The van der Waals surface area contributed by atoms with Crippen LogP contribution in [0.3, 0.4) is 0 Å². The number of ether oxygens (including phenoxy) is 6. The van der Waals surface area contributed by atoms with Crippen molar-refractivity contribution in [3.63, 3.8) is 0 Å². The van der Waals surface area contributed by atoms with Gasteiger partial charge < -0.3 is 42.9 Å². The molecule has 0 aromatic carbocycles. The van der Waals surface area contributed by atoms with E-state index in [1.807, 2.05) is 13.8 Å². The smallest absolute Gasteiger partial charge is 0.409 e. The van der Waals surface area contributed by atoms with Crippen LogP contribution in [0.2, 0.25) is 0 Å². The number of nitrogens with zero attached hydrogens (tertiary/aromatic N) is 1. The van der Waals surface area contributed by atoms with Crippen LogP contribution in [0.4, 0.5) is 4.79 Å². The number of rotatable bonds is 18. The van der Waals surface area contributed by atoms with E-state index in [-0.39, 0.29) is 18.5 Å². The van der Waals surface area contributed by atoms with Crippen LogP contribution in [-0.2, 0) is 38.0 Å². The number of likely N-dealkylation sites (tertiary alicyclic amines) is 1. The minimum Gasteiger partial charge on any atom is -0.447 e. The predicted molar refractivity (Wildman–Crippen MR) is 137 cm³/mol. The molecule has 208 valence electrons. The number of hydrogen-bond acceptors (Lipinski definition) is 10. The Kier molecular flexibility index (Phi) is 29.8. The summed E-state index contributed by atoms with van der Waals surface area (Å²) >= 11 is 4.41. The number of carbonyl (C=O) groups excluding carboxylic acids is 3. The minimum absolute atomic E-state index is 0.0760. The van der Waals surface area contributed by atoms with Crippen molar-refractivity contribution in [1.82, 2.24) is 4.90 Å². The van der Waals surface area contributed by atoms with E-state index in [2.05, 4.69) is 12.6 Å². The van der Waals surface area contributed by atoms with Crippen molar-refractivity contribution >= 4 is 30.8 Å². The highest BCUT2D eigenvalue weighted by molar-refractivity contribution is 7.80. The van der Waals surface area contributed by atoms with Gasteiger partial charge in [-0.15, -0.1) is 0 Å². The third-order valence-electron chi connectivity index (χ3n) is 4.34. The summed E-state index contributed by atoms with van der Waals surface area (Å²) in [6, 6.07) is 0. The van der Waals surface area contributed by atoms with Crippen LogP contribution < -0.4 is 0 Å². The average molecular weight is 526 g/mol. The van der Waals surface area contributed by atoms with E-state index in [0.29, 0.717) is 90.6 Å². The summed E-state index contributed by atoms with van der Waals surface area (Å²) in [4.78, 5) is 33.1. The Morgan fingerprint density at radius 3 is 1.63 bits per heavy atom. The van der Waals surface area contributed by atoms with Crippen LogP contribution in [-0.4, -0.2) is 115 Å². The Bertz CT molecular complexity index is 490. The quantitative estimate of drug-likeness (QED) is 0.164. The number of ketones is 1. The average Bonchev–Trinajstić information content (AvgIpc) is 2.87. The second-order valence-corrected chi connectivity index (χ2v) is 7.91. The summed E-state index contributed by atoms with van der Waals surface area (Å²) in [7, 11) is 1.64. The number of Topliss-reactive ketones (excluding diaryl/α,β-unsaturated/α-hetero) is 1. The monoisotopic (exact) mass is 525 g/mol. The van der Waals surface area contributed by atoms with Crippen molar-refractivity contribution in [3.05, 3.63) is 0 Å². The van der Waals surface area contributed by atoms with E-state index in [1.54, 1.807) is 12.0 Å². The zero-order chi connectivity index (χ0) is 26.6. The molecule has 1 heterocycles. The van der Waals surface area contributed by atoms with Gasteiger partial charge in [-0.25, -0.2) is 4.79 Å². The van der Waals surface area contributed by atoms with Crippen molar-refractivity contribution in [3.8, 4) is 0 Å². The van der Waals surface area contributed by atoms with E-state index in [4.69, 9.17) is 28.4 Å². The first-order chi connectivity index (χ1) is 17.0. The van der Waals surface area contributed by atoms with Crippen molar-refractivity contribution in [1.29, 1.82) is 0 Å². The molecule has 10 nitrogen and oxygen atoms in total. The predicted octanol–water partition coefficient (Wildman–Crippen LogP) is 2.81. The van der Waals surface area contributed by atoms with Crippen molar-refractivity contribution in [2.75, 3.05) is 86.3 Å². The van der Waals surface area contributed by atoms with Crippen LogP contribution in [0.5, 0.6) is 0 Å². The largest absolute Gasteiger partial charge is 0.447 e. The molecule has 0 aromatic heterocycles. The van der Waals surface area contributed by atoms with Gasteiger partial charge in [-0.2, -0.15) is 12.6 Å². The first-order valence-electron chi connectivity index (χ1n) is 12.3. The highest BCUT2D eigenvalue weighted by atomic mass is 32.1. The topological polar surface area (TPSA) is 110 Å². The van der Waals surface area contributed by atoms with Crippen molar-refractivity contribution < 1.29 is 42.8 Å². The maximum atomic E-state index is 11.8.